The zero-order valence-electron chi connectivity index (χ0n) is 20.6. The highest BCUT2D eigenvalue weighted by atomic mass is 16.5. The number of fused-ring (bicyclic) bond motifs is 1. The van der Waals surface area contributed by atoms with Crippen molar-refractivity contribution in [2.24, 2.45) is 0 Å². The summed E-state index contributed by atoms with van der Waals surface area (Å²) in [6.45, 7) is 9.76. The number of anilines is 2. The van der Waals surface area contributed by atoms with Gasteiger partial charge in [0.1, 0.15) is 11.3 Å². The molecule has 0 unspecified atom stereocenters. The fraction of sp³-hybridized carbons (Fsp3) is 0.481. The lowest BCUT2D eigenvalue weighted by molar-refractivity contribution is 0.0371. The van der Waals surface area contributed by atoms with Crippen molar-refractivity contribution >= 4 is 22.4 Å². The van der Waals surface area contributed by atoms with Gasteiger partial charge in [-0.25, -0.2) is 4.98 Å². The molecule has 1 aliphatic rings. The van der Waals surface area contributed by atoms with Gasteiger partial charge in [-0.3, -0.25) is 9.88 Å². The van der Waals surface area contributed by atoms with Crippen LogP contribution in [0.15, 0.2) is 36.7 Å². The van der Waals surface area contributed by atoms with Crippen molar-refractivity contribution in [3.8, 4) is 11.5 Å². The van der Waals surface area contributed by atoms with Gasteiger partial charge >= 0.3 is 0 Å². The molecule has 182 valence electrons. The summed E-state index contributed by atoms with van der Waals surface area (Å²) in [5.74, 6) is 2.19. The number of pyridine rings is 2. The van der Waals surface area contributed by atoms with Crippen molar-refractivity contribution in [3.63, 3.8) is 0 Å². The molecule has 1 aliphatic heterocycles. The van der Waals surface area contributed by atoms with E-state index in [0.717, 1.165) is 79.2 Å². The van der Waals surface area contributed by atoms with Crippen molar-refractivity contribution in [1.82, 2.24) is 14.9 Å². The highest BCUT2D eigenvalue weighted by Gasteiger charge is 2.14. The van der Waals surface area contributed by atoms with Crippen molar-refractivity contribution < 1.29 is 14.2 Å². The number of nitrogens with zero attached hydrogens (tertiary/aromatic N) is 3. The molecule has 0 atom stereocenters. The maximum Gasteiger partial charge on any atom is 0.187 e. The van der Waals surface area contributed by atoms with Crippen LogP contribution in [-0.2, 0) is 4.74 Å². The molecule has 34 heavy (non-hydrogen) atoms. The van der Waals surface area contributed by atoms with E-state index in [4.69, 9.17) is 19.2 Å². The quantitative estimate of drug-likeness (QED) is 0.388. The minimum absolute atomic E-state index is 0.648. The first-order valence-corrected chi connectivity index (χ1v) is 12.2. The lowest BCUT2D eigenvalue weighted by atomic mass is 10.1. The van der Waals surface area contributed by atoms with Crippen LogP contribution in [0, 0.1) is 13.8 Å². The number of unbranched alkanes of at least 4 members (excludes halogenated alkanes) is 3. The Morgan fingerprint density at radius 2 is 1.71 bits per heavy atom. The number of methoxy groups -OCH3 is 1. The third kappa shape index (κ3) is 6.15. The van der Waals surface area contributed by atoms with Crippen molar-refractivity contribution in [2.75, 3.05) is 51.9 Å². The van der Waals surface area contributed by atoms with Gasteiger partial charge in [0.2, 0.25) is 0 Å². The summed E-state index contributed by atoms with van der Waals surface area (Å²) in [4.78, 5) is 11.6. The topological polar surface area (TPSA) is 68.7 Å². The van der Waals surface area contributed by atoms with E-state index >= 15 is 0 Å². The Labute approximate surface area is 202 Å². The largest absolute Gasteiger partial charge is 0.493 e. The Balaban J connectivity index is 1.38. The molecule has 7 heteroatoms. The second-order valence-electron chi connectivity index (χ2n) is 8.86. The molecule has 0 aliphatic carbocycles. The summed E-state index contributed by atoms with van der Waals surface area (Å²) in [5.41, 5.74) is 4.00. The van der Waals surface area contributed by atoms with Crippen molar-refractivity contribution in [1.29, 1.82) is 0 Å². The maximum absolute atomic E-state index is 6.24. The van der Waals surface area contributed by atoms with E-state index in [-0.39, 0.29) is 0 Å². The molecule has 3 heterocycles. The van der Waals surface area contributed by atoms with Crippen LogP contribution in [0.5, 0.6) is 11.5 Å². The van der Waals surface area contributed by atoms with Crippen LogP contribution >= 0.6 is 0 Å². The van der Waals surface area contributed by atoms with Crippen LogP contribution in [0.4, 0.5) is 11.5 Å². The van der Waals surface area contributed by atoms with Crippen LogP contribution in [0.25, 0.3) is 10.9 Å². The van der Waals surface area contributed by atoms with E-state index in [1.165, 1.54) is 12.8 Å². The average Bonchev–Trinajstić information content (AvgIpc) is 2.86. The summed E-state index contributed by atoms with van der Waals surface area (Å²) in [6.07, 6.45) is 8.31. The molecule has 1 fully saturated rings. The second kappa shape index (κ2) is 12.0. The number of aryl methyl sites for hydroxylation is 2. The van der Waals surface area contributed by atoms with Crippen LogP contribution in [0.3, 0.4) is 0 Å². The summed E-state index contributed by atoms with van der Waals surface area (Å²) in [6, 6.07) is 8.03. The average molecular weight is 465 g/mol. The van der Waals surface area contributed by atoms with Crippen LogP contribution in [0.2, 0.25) is 0 Å². The molecule has 1 saturated heterocycles. The van der Waals surface area contributed by atoms with Gasteiger partial charge in [0.15, 0.2) is 11.5 Å². The molecule has 0 bridgehead atoms. The van der Waals surface area contributed by atoms with Crippen molar-refractivity contribution in [3.05, 3.63) is 47.8 Å². The Kier molecular flexibility index (Phi) is 8.55. The predicted molar refractivity (Wildman–Crippen MR) is 137 cm³/mol. The zero-order chi connectivity index (χ0) is 23.8. The zero-order valence-corrected chi connectivity index (χ0v) is 20.6. The Morgan fingerprint density at radius 1 is 0.971 bits per heavy atom. The number of nitrogens with one attached hydrogen (secondary N) is 1. The van der Waals surface area contributed by atoms with E-state index in [1.54, 1.807) is 7.11 Å². The summed E-state index contributed by atoms with van der Waals surface area (Å²) >= 11 is 0. The first-order chi connectivity index (χ1) is 16.7. The van der Waals surface area contributed by atoms with E-state index in [1.807, 2.05) is 44.4 Å². The highest BCUT2D eigenvalue weighted by Crippen LogP contribution is 2.36. The number of rotatable bonds is 11. The lowest BCUT2D eigenvalue weighted by Crippen LogP contribution is -2.36. The fourth-order valence-corrected chi connectivity index (χ4v) is 4.33. The third-order valence-electron chi connectivity index (χ3n) is 6.30. The monoisotopic (exact) mass is 464 g/mol. The molecule has 2 aromatic heterocycles. The van der Waals surface area contributed by atoms with E-state index in [0.29, 0.717) is 18.1 Å². The van der Waals surface area contributed by atoms with Gasteiger partial charge in [-0.05, 0) is 68.6 Å². The van der Waals surface area contributed by atoms with Gasteiger partial charge in [-0.15, -0.1) is 0 Å². The summed E-state index contributed by atoms with van der Waals surface area (Å²) in [7, 11) is 1.67. The normalized spacial score (nSPS) is 14.3. The van der Waals surface area contributed by atoms with E-state index in [2.05, 4.69) is 21.3 Å². The highest BCUT2D eigenvalue weighted by molar-refractivity contribution is 5.89. The fourth-order valence-electron chi connectivity index (χ4n) is 4.33. The molecule has 0 amide bonds. The first-order valence-electron chi connectivity index (χ1n) is 12.2. The molecule has 1 aromatic carbocycles. The standard InChI is InChI=1S/C27H36N4O3/c1-20-18-28-19-21(2)25(20)29-24-11-9-22-8-10-23(32-3)27(26(22)30-24)34-15-7-5-4-6-12-31-13-16-33-17-14-31/h8-11,18-19H,4-7,12-17H2,1-3H3,(H,28,29,30). The van der Waals surface area contributed by atoms with Gasteiger partial charge in [0.05, 0.1) is 26.9 Å². The molecule has 1 N–H and O–H groups in total. The Bertz CT molecular complexity index is 1060. The molecular formula is C27H36N4O3. The van der Waals surface area contributed by atoms with Crippen LogP contribution in [0.1, 0.15) is 36.8 Å². The van der Waals surface area contributed by atoms with Crippen LogP contribution in [-0.4, -0.2) is 61.4 Å². The number of benzene rings is 1. The molecular weight excluding hydrogens is 428 g/mol. The maximum atomic E-state index is 6.24. The smallest absolute Gasteiger partial charge is 0.187 e. The number of hydrogen-bond acceptors (Lipinski definition) is 7. The number of hydrogen-bond donors (Lipinski definition) is 1. The van der Waals surface area contributed by atoms with Gasteiger partial charge < -0.3 is 19.5 Å². The summed E-state index contributed by atoms with van der Waals surface area (Å²) < 4.78 is 17.3. The molecule has 7 nitrogen and oxygen atoms in total. The van der Waals surface area contributed by atoms with E-state index in [9.17, 15) is 0 Å². The second-order valence-corrected chi connectivity index (χ2v) is 8.86. The molecule has 0 radical (unpaired) electrons. The van der Waals surface area contributed by atoms with Gasteiger partial charge in [-0.2, -0.15) is 0 Å². The van der Waals surface area contributed by atoms with E-state index < -0.39 is 0 Å². The molecule has 0 spiro atoms. The number of aromatic nitrogens is 2. The molecule has 3 aromatic rings. The van der Waals surface area contributed by atoms with Gasteiger partial charge in [0, 0.05) is 36.6 Å². The minimum Gasteiger partial charge on any atom is -0.493 e. The van der Waals surface area contributed by atoms with Crippen LogP contribution < -0.4 is 14.8 Å². The number of morpholine rings is 1. The SMILES string of the molecule is COc1ccc2ccc(Nc3c(C)cncc3C)nc2c1OCCCCCCN1CCOCC1. The Morgan fingerprint density at radius 3 is 2.47 bits per heavy atom. The summed E-state index contributed by atoms with van der Waals surface area (Å²) in [5, 5.41) is 4.48. The Hall–Kier alpha value is -2.90. The van der Waals surface area contributed by atoms with Gasteiger partial charge in [-0.1, -0.05) is 12.8 Å². The first kappa shape index (κ1) is 24.2. The molecule has 4 rings (SSSR count). The molecule has 0 saturated carbocycles. The minimum atomic E-state index is 0.648. The predicted octanol–water partition coefficient (Wildman–Crippen LogP) is 5.27. The number of ether oxygens (including phenoxy) is 3. The van der Waals surface area contributed by atoms with Crippen molar-refractivity contribution in [2.45, 2.75) is 39.5 Å². The third-order valence-corrected chi connectivity index (χ3v) is 6.30. The lowest BCUT2D eigenvalue weighted by Gasteiger charge is -2.26. The van der Waals surface area contributed by atoms with Gasteiger partial charge in [0.25, 0.3) is 0 Å².